The molecule has 3 aromatic rings. The maximum atomic E-state index is 13.9. The summed E-state index contributed by atoms with van der Waals surface area (Å²) < 4.78 is 2.14. The van der Waals surface area contributed by atoms with Crippen LogP contribution in [0.2, 0.25) is 0 Å². The predicted octanol–water partition coefficient (Wildman–Crippen LogP) is 3.27. The van der Waals surface area contributed by atoms with Gasteiger partial charge in [0.25, 0.3) is 0 Å². The number of amides is 1. The largest absolute Gasteiger partial charge is 0.338 e. The van der Waals surface area contributed by atoms with Gasteiger partial charge in [-0.25, -0.2) is 4.98 Å². The number of carbonyl (C=O) groups excluding carboxylic acids is 1. The Bertz CT molecular complexity index is 1070. The number of aromatic nitrogens is 4. The summed E-state index contributed by atoms with van der Waals surface area (Å²) in [5, 5.41) is 0. The highest BCUT2D eigenvalue weighted by Crippen LogP contribution is 2.50. The SMILES string of the molecule is CC(C)n1cnc([C@H]2CN(Cc3ccccn3)C[C@@]23CCN(Cc2cccnc2)C3=O)c1. The van der Waals surface area contributed by atoms with Crippen molar-refractivity contribution >= 4 is 5.91 Å². The zero-order valence-corrected chi connectivity index (χ0v) is 18.8. The number of imidazole rings is 1. The van der Waals surface area contributed by atoms with Crippen molar-refractivity contribution in [3.8, 4) is 0 Å². The summed E-state index contributed by atoms with van der Waals surface area (Å²) in [5.74, 6) is 0.326. The maximum absolute atomic E-state index is 13.9. The highest BCUT2D eigenvalue weighted by atomic mass is 16.2. The Morgan fingerprint density at radius 3 is 2.75 bits per heavy atom. The molecular formula is C25H30N6O. The molecule has 2 aliphatic rings. The van der Waals surface area contributed by atoms with E-state index in [2.05, 4.69) is 45.5 Å². The Labute approximate surface area is 189 Å². The van der Waals surface area contributed by atoms with Gasteiger partial charge in [0.15, 0.2) is 0 Å². The Hall–Kier alpha value is -3.06. The van der Waals surface area contributed by atoms with E-state index in [-0.39, 0.29) is 11.8 Å². The molecular weight excluding hydrogens is 400 g/mol. The van der Waals surface area contributed by atoms with E-state index < -0.39 is 5.41 Å². The number of pyridine rings is 2. The highest BCUT2D eigenvalue weighted by Gasteiger charge is 2.57. The fourth-order valence-electron chi connectivity index (χ4n) is 5.23. The number of nitrogens with zero attached hydrogens (tertiary/aromatic N) is 6. The van der Waals surface area contributed by atoms with Crippen LogP contribution in [0.15, 0.2) is 61.4 Å². The lowest BCUT2D eigenvalue weighted by molar-refractivity contribution is -0.136. The van der Waals surface area contributed by atoms with Gasteiger partial charge in [0.1, 0.15) is 0 Å². The number of carbonyl (C=O) groups is 1. The zero-order valence-electron chi connectivity index (χ0n) is 18.8. The minimum absolute atomic E-state index is 0.0811. The normalized spacial score (nSPS) is 23.7. The van der Waals surface area contributed by atoms with Gasteiger partial charge in [0.2, 0.25) is 5.91 Å². The molecule has 0 saturated carbocycles. The summed E-state index contributed by atoms with van der Waals surface area (Å²) in [6.45, 7) is 8.00. The molecule has 1 amide bonds. The van der Waals surface area contributed by atoms with Crippen LogP contribution in [0.4, 0.5) is 0 Å². The van der Waals surface area contributed by atoms with Crippen LogP contribution in [0.1, 0.15) is 49.2 Å². The molecule has 5 heterocycles. The van der Waals surface area contributed by atoms with Crippen LogP contribution in [-0.2, 0) is 17.9 Å². The molecule has 2 atom stereocenters. The molecule has 1 spiro atoms. The standard InChI is InChI=1S/C25H30N6O/c1-19(2)31-16-23(28-18-31)22-15-29(14-21-7-3-4-10-27-21)17-25(22)8-11-30(24(25)32)13-20-6-5-9-26-12-20/h3-7,9-10,12,16,18-19,22H,8,11,13-15,17H2,1-2H3/t22-,25+/m1/s1. The molecule has 0 radical (unpaired) electrons. The summed E-state index contributed by atoms with van der Waals surface area (Å²) in [5.41, 5.74) is 2.70. The third-order valence-electron chi connectivity index (χ3n) is 6.94. The number of hydrogen-bond donors (Lipinski definition) is 0. The minimum Gasteiger partial charge on any atom is -0.338 e. The maximum Gasteiger partial charge on any atom is 0.231 e. The van der Waals surface area contributed by atoms with E-state index in [0.29, 0.717) is 12.6 Å². The van der Waals surface area contributed by atoms with Crippen LogP contribution < -0.4 is 0 Å². The van der Waals surface area contributed by atoms with Crippen LogP contribution >= 0.6 is 0 Å². The van der Waals surface area contributed by atoms with E-state index in [0.717, 1.165) is 49.6 Å². The van der Waals surface area contributed by atoms with Crippen LogP contribution in [-0.4, -0.2) is 54.9 Å². The van der Waals surface area contributed by atoms with E-state index in [1.165, 1.54) is 0 Å². The minimum atomic E-state index is -0.437. The van der Waals surface area contributed by atoms with Gasteiger partial charge >= 0.3 is 0 Å². The van der Waals surface area contributed by atoms with Crippen molar-refractivity contribution in [1.29, 1.82) is 0 Å². The van der Waals surface area contributed by atoms with E-state index in [1.807, 2.05) is 47.9 Å². The molecule has 3 aromatic heterocycles. The molecule has 32 heavy (non-hydrogen) atoms. The molecule has 7 nitrogen and oxygen atoms in total. The van der Waals surface area contributed by atoms with Gasteiger partial charge in [-0.05, 0) is 44.0 Å². The second kappa shape index (κ2) is 8.47. The number of rotatable bonds is 6. The smallest absolute Gasteiger partial charge is 0.231 e. The second-order valence-electron chi connectivity index (χ2n) is 9.38. The Balaban J connectivity index is 1.43. The lowest BCUT2D eigenvalue weighted by Crippen LogP contribution is -2.39. The van der Waals surface area contributed by atoms with Crippen LogP contribution in [0.3, 0.4) is 0 Å². The molecule has 0 N–H and O–H groups in total. The fourth-order valence-corrected chi connectivity index (χ4v) is 5.23. The Kier molecular flexibility index (Phi) is 5.51. The zero-order chi connectivity index (χ0) is 22.1. The van der Waals surface area contributed by atoms with Crippen molar-refractivity contribution in [3.05, 3.63) is 78.4 Å². The van der Waals surface area contributed by atoms with Gasteiger partial charge in [0.05, 0.1) is 23.1 Å². The Morgan fingerprint density at radius 1 is 1.12 bits per heavy atom. The fraction of sp³-hybridized carbons (Fsp3) is 0.440. The first-order chi connectivity index (χ1) is 15.5. The van der Waals surface area contributed by atoms with Crippen molar-refractivity contribution < 1.29 is 4.79 Å². The molecule has 0 aromatic carbocycles. The summed E-state index contributed by atoms with van der Waals surface area (Å²) >= 11 is 0. The first-order valence-electron chi connectivity index (χ1n) is 11.4. The second-order valence-corrected chi connectivity index (χ2v) is 9.38. The monoisotopic (exact) mass is 430 g/mol. The van der Waals surface area contributed by atoms with Crippen molar-refractivity contribution in [3.63, 3.8) is 0 Å². The van der Waals surface area contributed by atoms with Crippen LogP contribution in [0.5, 0.6) is 0 Å². The summed E-state index contributed by atoms with van der Waals surface area (Å²) in [6, 6.07) is 10.3. The van der Waals surface area contributed by atoms with Crippen molar-refractivity contribution in [2.75, 3.05) is 19.6 Å². The van der Waals surface area contributed by atoms with E-state index >= 15 is 0 Å². The molecule has 166 valence electrons. The quantitative estimate of drug-likeness (QED) is 0.600. The number of likely N-dealkylation sites (tertiary alicyclic amines) is 2. The van der Waals surface area contributed by atoms with Crippen molar-refractivity contribution in [1.82, 2.24) is 29.3 Å². The molecule has 0 bridgehead atoms. The van der Waals surface area contributed by atoms with Gasteiger partial charge in [-0.2, -0.15) is 0 Å². The van der Waals surface area contributed by atoms with Crippen molar-refractivity contribution in [2.45, 2.75) is 45.3 Å². The molecule has 2 saturated heterocycles. The highest BCUT2D eigenvalue weighted by molar-refractivity contribution is 5.86. The summed E-state index contributed by atoms with van der Waals surface area (Å²) in [4.78, 5) is 31.8. The molecule has 2 aliphatic heterocycles. The van der Waals surface area contributed by atoms with Gasteiger partial charge in [-0.3, -0.25) is 19.7 Å². The Morgan fingerprint density at radius 2 is 2.03 bits per heavy atom. The summed E-state index contributed by atoms with van der Waals surface area (Å²) in [7, 11) is 0. The average Bonchev–Trinajstić information content (AvgIpc) is 3.50. The first kappa shape index (κ1) is 20.8. The molecule has 0 unspecified atom stereocenters. The lowest BCUT2D eigenvalue weighted by Gasteiger charge is -2.28. The van der Waals surface area contributed by atoms with Gasteiger partial charge in [-0.1, -0.05) is 12.1 Å². The van der Waals surface area contributed by atoms with E-state index in [9.17, 15) is 4.79 Å². The van der Waals surface area contributed by atoms with Crippen LogP contribution in [0, 0.1) is 5.41 Å². The van der Waals surface area contributed by atoms with E-state index in [4.69, 9.17) is 4.98 Å². The molecule has 2 fully saturated rings. The molecule has 5 rings (SSSR count). The van der Waals surface area contributed by atoms with Gasteiger partial charge < -0.3 is 9.47 Å². The molecule has 0 aliphatic carbocycles. The van der Waals surface area contributed by atoms with Gasteiger partial charge in [-0.15, -0.1) is 0 Å². The van der Waals surface area contributed by atoms with Crippen molar-refractivity contribution in [2.24, 2.45) is 5.41 Å². The predicted molar refractivity (Wildman–Crippen MR) is 122 cm³/mol. The average molecular weight is 431 g/mol. The number of hydrogen-bond acceptors (Lipinski definition) is 5. The van der Waals surface area contributed by atoms with Gasteiger partial charge in [0, 0.05) is 69.5 Å². The third kappa shape index (κ3) is 3.81. The third-order valence-corrected chi connectivity index (χ3v) is 6.94. The first-order valence-corrected chi connectivity index (χ1v) is 11.4. The summed E-state index contributed by atoms with van der Waals surface area (Å²) in [6.07, 6.45) is 10.3. The molecule has 7 heteroatoms. The van der Waals surface area contributed by atoms with E-state index in [1.54, 1.807) is 6.20 Å². The topological polar surface area (TPSA) is 67.2 Å². The lowest BCUT2D eigenvalue weighted by atomic mass is 9.75. The van der Waals surface area contributed by atoms with Crippen LogP contribution in [0.25, 0.3) is 0 Å².